The molecule has 0 spiro atoms. The highest BCUT2D eigenvalue weighted by molar-refractivity contribution is 5.97. The summed E-state index contributed by atoms with van der Waals surface area (Å²) in [5, 5.41) is 8.92. The minimum Gasteiger partial charge on any atom is -0.479 e. The summed E-state index contributed by atoms with van der Waals surface area (Å²) < 4.78 is 17.9. The minimum atomic E-state index is -1.08. The molecule has 1 fully saturated rings. The number of halogens is 1. The van der Waals surface area contributed by atoms with Gasteiger partial charge in [-0.15, -0.1) is 0 Å². The number of nitrogens with zero attached hydrogens (tertiary/aromatic N) is 1. The summed E-state index contributed by atoms with van der Waals surface area (Å²) >= 11 is 0. The van der Waals surface area contributed by atoms with Gasteiger partial charge in [0.2, 0.25) is 5.91 Å². The van der Waals surface area contributed by atoms with Crippen molar-refractivity contribution in [3.8, 4) is 0 Å². The van der Waals surface area contributed by atoms with E-state index in [0.717, 1.165) is 0 Å². The molecule has 0 radical (unpaired) electrons. The molecule has 0 saturated carbocycles. The second kappa shape index (κ2) is 6.49. The first-order valence-electron chi connectivity index (χ1n) is 6.55. The second-order valence-corrected chi connectivity index (χ2v) is 4.83. The molecule has 112 valence electrons. The minimum absolute atomic E-state index is 0.0305. The lowest BCUT2D eigenvalue weighted by Gasteiger charge is -2.31. The number of carboxylic acid groups (broad SMARTS) is 1. The first-order chi connectivity index (χ1) is 9.97. The Morgan fingerprint density at radius 2 is 2.05 bits per heavy atom. The molecule has 0 aliphatic carbocycles. The van der Waals surface area contributed by atoms with Gasteiger partial charge in [-0.1, -0.05) is 12.1 Å². The van der Waals surface area contributed by atoms with Gasteiger partial charge >= 0.3 is 5.97 Å². The van der Waals surface area contributed by atoms with Crippen LogP contribution in [0.15, 0.2) is 29.8 Å². The van der Waals surface area contributed by atoms with E-state index >= 15 is 0 Å². The van der Waals surface area contributed by atoms with E-state index in [1.54, 1.807) is 25.1 Å². The molecule has 0 bridgehead atoms. The highest BCUT2D eigenvalue weighted by Crippen LogP contribution is 2.13. The van der Waals surface area contributed by atoms with Gasteiger partial charge in [0, 0.05) is 12.1 Å². The van der Waals surface area contributed by atoms with Crippen LogP contribution in [-0.4, -0.2) is 47.7 Å². The van der Waals surface area contributed by atoms with Gasteiger partial charge in [-0.3, -0.25) is 4.79 Å². The van der Waals surface area contributed by atoms with Gasteiger partial charge in [-0.2, -0.15) is 0 Å². The van der Waals surface area contributed by atoms with Crippen LogP contribution in [0.1, 0.15) is 12.5 Å². The third kappa shape index (κ3) is 3.88. The van der Waals surface area contributed by atoms with Crippen LogP contribution < -0.4 is 0 Å². The lowest BCUT2D eigenvalue weighted by molar-refractivity contribution is -0.158. The Labute approximate surface area is 121 Å². The number of hydrogen-bond acceptors (Lipinski definition) is 3. The van der Waals surface area contributed by atoms with Crippen LogP contribution in [0.2, 0.25) is 0 Å². The lowest BCUT2D eigenvalue weighted by atomic mass is 10.1. The molecule has 1 aromatic rings. The average Bonchev–Trinajstić information content (AvgIpc) is 2.49. The summed E-state index contributed by atoms with van der Waals surface area (Å²) in [6, 6.07) is 5.79. The highest BCUT2D eigenvalue weighted by atomic mass is 19.1. The first kappa shape index (κ1) is 15.2. The number of rotatable bonds is 3. The normalized spacial score (nSPS) is 19.4. The topological polar surface area (TPSA) is 66.8 Å². The highest BCUT2D eigenvalue weighted by Gasteiger charge is 2.29. The monoisotopic (exact) mass is 293 g/mol. The molecule has 0 aromatic heterocycles. The van der Waals surface area contributed by atoms with Crippen molar-refractivity contribution in [3.63, 3.8) is 0 Å². The molecule has 2 rings (SSSR count). The Bertz CT molecular complexity index is 568. The van der Waals surface area contributed by atoms with Gasteiger partial charge in [0.05, 0.1) is 13.2 Å². The van der Waals surface area contributed by atoms with E-state index in [1.807, 2.05) is 0 Å². The van der Waals surface area contributed by atoms with E-state index in [4.69, 9.17) is 9.84 Å². The predicted molar refractivity (Wildman–Crippen MR) is 74.0 cm³/mol. The molecular formula is C15H16FNO4. The third-order valence-electron chi connectivity index (χ3n) is 3.22. The number of aliphatic carboxylic acids is 1. The smallest absolute Gasteiger partial charge is 0.334 e. The summed E-state index contributed by atoms with van der Waals surface area (Å²) in [4.78, 5) is 24.6. The Morgan fingerprint density at radius 3 is 2.67 bits per heavy atom. The Hall–Kier alpha value is -2.21. The second-order valence-electron chi connectivity index (χ2n) is 4.83. The van der Waals surface area contributed by atoms with Crippen molar-refractivity contribution in [2.45, 2.75) is 13.0 Å². The van der Waals surface area contributed by atoms with Crippen molar-refractivity contribution in [1.82, 2.24) is 4.90 Å². The Kier molecular flexibility index (Phi) is 4.70. The van der Waals surface area contributed by atoms with Crippen LogP contribution in [0.5, 0.6) is 0 Å². The maximum absolute atomic E-state index is 12.8. The zero-order chi connectivity index (χ0) is 15.4. The number of carbonyl (C=O) groups excluding carboxylic acids is 1. The van der Waals surface area contributed by atoms with Gasteiger partial charge < -0.3 is 14.7 Å². The van der Waals surface area contributed by atoms with Gasteiger partial charge in [0.1, 0.15) is 5.82 Å². The number of morpholine rings is 1. The lowest BCUT2D eigenvalue weighted by Crippen LogP contribution is -2.48. The molecule has 1 N–H and O–H groups in total. The fourth-order valence-electron chi connectivity index (χ4n) is 2.10. The maximum Gasteiger partial charge on any atom is 0.334 e. The average molecular weight is 293 g/mol. The van der Waals surface area contributed by atoms with E-state index in [0.29, 0.717) is 17.7 Å². The molecule has 1 aliphatic heterocycles. The number of carbonyl (C=O) groups is 2. The number of amides is 1. The molecular weight excluding hydrogens is 277 g/mol. The molecule has 1 saturated heterocycles. The van der Waals surface area contributed by atoms with E-state index in [2.05, 4.69) is 0 Å². The quantitative estimate of drug-likeness (QED) is 0.859. The molecule has 1 amide bonds. The van der Waals surface area contributed by atoms with Crippen molar-refractivity contribution in [2.75, 3.05) is 19.7 Å². The summed E-state index contributed by atoms with van der Waals surface area (Å²) in [6.07, 6.45) is 0.661. The van der Waals surface area contributed by atoms with Crippen LogP contribution in [0.25, 0.3) is 6.08 Å². The Morgan fingerprint density at radius 1 is 1.38 bits per heavy atom. The van der Waals surface area contributed by atoms with Crippen molar-refractivity contribution in [2.24, 2.45) is 0 Å². The number of ether oxygens (including phenoxy) is 1. The Balaban J connectivity index is 2.08. The van der Waals surface area contributed by atoms with Gasteiger partial charge in [0.25, 0.3) is 0 Å². The number of carboxylic acids is 1. The van der Waals surface area contributed by atoms with Crippen LogP contribution in [0, 0.1) is 5.82 Å². The standard InChI is InChI=1S/C15H16FNO4/c1-10(8-11-2-4-12(16)5-3-11)14(18)17-6-7-21-13(9-17)15(19)20/h2-5,8,13H,6-7,9H2,1H3,(H,19,20). The van der Waals surface area contributed by atoms with Gasteiger partial charge in [-0.05, 0) is 30.7 Å². The summed E-state index contributed by atoms with van der Waals surface area (Å²) in [5.74, 6) is -1.66. The largest absolute Gasteiger partial charge is 0.479 e. The van der Waals surface area contributed by atoms with E-state index < -0.39 is 12.1 Å². The van der Waals surface area contributed by atoms with Crippen molar-refractivity contribution >= 4 is 18.0 Å². The first-order valence-corrected chi connectivity index (χ1v) is 6.55. The van der Waals surface area contributed by atoms with E-state index in [1.165, 1.54) is 17.0 Å². The molecule has 1 aliphatic rings. The zero-order valence-electron chi connectivity index (χ0n) is 11.6. The maximum atomic E-state index is 12.8. The fourth-order valence-corrected chi connectivity index (χ4v) is 2.10. The molecule has 6 heteroatoms. The van der Waals surface area contributed by atoms with Crippen LogP contribution in [0.3, 0.4) is 0 Å². The number of benzene rings is 1. The molecule has 1 heterocycles. The summed E-state index contributed by atoms with van der Waals surface area (Å²) in [6.45, 7) is 2.24. The van der Waals surface area contributed by atoms with Gasteiger partial charge in [0.15, 0.2) is 6.10 Å². The third-order valence-corrected chi connectivity index (χ3v) is 3.22. The molecule has 1 aromatic carbocycles. The molecule has 21 heavy (non-hydrogen) atoms. The fraction of sp³-hybridized carbons (Fsp3) is 0.333. The van der Waals surface area contributed by atoms with E-state index in [-0.39, 0.29) is 24.9 Å². The number of hydrogen-bond donors (Lipinski definition) is 1. The molecule has 1 atom stereocenters. The van der Waals surface area contributed by atoms with Crippen molar-refractivity contribution < 1.29 is 23.8 Å². The van der Waals surface area contributed by atoms with Crippen LogP contribution in [-0.2, 0) is 14.3 Å². The molecule has 1 unspecified atom stereocenters. The van der Waals surface area contributed by atoms with E-state index in [9.17, 15) is 14.0 Å². The van der Waals surface area contributed by atoms with Gasteiger partial charge in [-0.25, -0.2) is 9.18 Å². The summed E-state index contributed by atoms with van der Waals surface area (Å²) in [5.41, 5.74) is 1.18. The SMILES string of the molecule is CC(=Cc1ccc(F)cc1)C(=O)N1CCOC(C(=O)O)C1. The van der Waals surface area contributed by atoms with Crippen molar-refractivity contribution in [1.29, 1.82) is 0 Å². The van der Waals surface area contributed by atoms with Crippen LogP contribution >= 0.6 is 0 Å². The van der Waals surface area contributed by atoms with Crippen molar-refractivity contribution in [3.05, 3.63) is 41.2 Å². The predicted octanol–water partition coefficient (Wildman–Crippen LogP) is 1.54. The molecule has 5 nitrogen and oxygen atoms in total. The summed E-state index contributed by atoms with van der Waals surface area (Å²) in [7, 11) is 0. The zero-order valence-corrected chi connectivity index (χ0v) is 11.6. The van der Waals surface area contributed by atoms with Crippen LogP contribution in [0.4, 0.5) is 4.39 Å².